The van der Waals surface area contributed by atoms with Crippen molar-refractivity contribution >= 4 is 0 Å². The summed E-state index contributed by atoms with van der Waals surface area (Å²) in [6, 6.07) is 16.4. The molecule has 3 aromatic rings. The van der Waals surface area contributed by atoms with Gasteiger partial charge in [0.05, 0.1) is 0 Å². The van der Waals surface area contributed by atoms with Crippen molar-refractivity contribution in [1.29, 1.82) is 0 Å². The summed E-state index contributed by atoms with van der Waals surface area (Å²) >= 11 is 0. The zero-order valence-electron chi connectivity index (χ0n) is 15.3. The average Bonchev–Trinajstić information content (AvgIpc) is 2.56. The summed E-state index contributed by atoms with van der Waals surface area (Å²) in [6.07, 6.45) is 0.767. The largest absolute Gasteiger partial charge is 0.508 e. The van der Waals surface area contributed by atoms with E-state index in [2.05, 4.69) is 0 Å². The van der Waals surface area contributed by atoms with E-state index < -0.39 is 0 Å². The zero-order chi connectivity index (χ0) is 18.8. The lowest BCUT2D eigenvalue weighted by molar-refractivity contribution is 0.473. The van der Waals surface area contributed by atoms with Crippen LogP contribution in [0.5, 0.6) is 17.2 Å². The van der Waals surface area contributed by atoms with Crippen LogP contribution in [0.15, 0.2) is 54.6 Å². The molecule has 0 aromatic heterocycles. The molecule has 0 aliphatic heterocycles. The second-order valence-corrected chi connectivity index (χ2v) is 6.95. The molecule has 3 heteroatoms. The topological polar surface area (TPSA) is 60.7 Å². The Bertz CT molecular complexity index is 893. The number of aromatic hydroxyl groups is 3. The molecule has 0 bridgehead atoms. The third-order valence-electron chi connectivity index (χ3n) is 5.01. The van der Waals surface area contributed by atoms with Gasteiger partial charge in [0.15, 0.2) is 0 Å². The molecule has 0 radical (unpaired) electrons. The summed E-state index contributed by atoms with van der Waals surface area (Å²) < 4.78 is 0. The molecule has 0 unspecified atom stereocenters. The van der Waals surface area contributed by atoms with E-state index in [1.165, 1.54) is 0 Å². The first-order valence-corrected chi connectivity index (χ1v) is 8.72. The van der Waals surface area contributed by atoms with Crippen LogP contribution in [-0.4, -0.2) is 15.3 Å². The highest BCUT2D eigenvalue weighted by Gasteiger charge is 2.20. The van der Waals surface area contributed by atoms with E-state index in [0.717, 1.165) is 39.8 Å². The van der Waals surface area contributed by atoms with E-state index in [4.69, 9.17) is 0 Å². The maximum atomic E-state index is 9.78. The van der Waals surface area contributed by atoms with Gasteiger partial charge in [-0.2, -0.15) is 0 Å². The molecule has 134 valence electrons. The van der Waals surface area contributed by atoms with Gasteiger partial charge in [0.1, 0.15) is 17.2 Å². The van der Waals surface area contributed by atoms with Crippen molar-refractivity contribution in [2.75, 3.05) is 0 Å². The van der Waals surface area contributed by atoms with Gasteiger partial charge in [0, 0.05) is 5.92 Å². The Labute approximate surface area is 154 Å². The van der Waals surface area contributed by atoms with Crippen molar-refractivity contribution in [1.82, 2.24) is 0 Å². The normalized spacial score (nSPS) is 11.1. The molecule has 0 aliphatic carbocycles. The third kappa shape index (κ3) is 3.67. The van der Waals surface area contributed by atoms with E-state index in [9.17, 15) is 15.3 Å². The van der Waals surface area contributed by atoms with Crippen molar-refractivity contribution < 1.29 is 15.3 Å². The second-order valence-electron chi connectivity index (χ2n) is 6.95. The fourth-order valence-corrected chi connectivity index (χ4v) is 3.62. The second kappa shape index (κ2) is 7.12. The first kappa shape index (κ1) is 17.9. The highest BCUT2D eigenvalue weighted by atomic mass is 16.3. The Morgan fingerprint density at radius 2 is 1.04 bits per heavy atom. The van der Waals surface area contributed by atoms with Crippen molar-refractivity contribution in [3.63, 3.8) is 0 Å². The first-order valence-electron chi connectivity index (χ1n) is 8.72. The van der Waals surface area contributed by atoms with Crippen LogP contribution in [-0.2, 0) is 6.42 Å². The SMILES string of the molecule is Cc1cc(O)ccc1CC(c1ccc(O)cc1C)c1ccc(O)cc1C. The predicted molar refractivity (Wildman–Crippen MR) is 104 cm³/mol. The predicted octanol–water partition coefficient (Wildman–Crippen LogP) is 5.10. The van der Waals surface area contributed by atoms with Crippen LogP contribution in [0.1, 0.15) is 39.3 Å². The number of hydrogen-bond acceptors (Lipinski definition) is 3. The van der Waals surface area contributed by atoms with E-state index in [-0.39, 0.29) is 23.2 Å². The molecule has 3 N–H and O–H groups in total. The highest BCUT2D eigenvalue weighted by Crippen LogP contribution is 2.36. The number of rotatable bonds is 4. The molecule has 0 amide bonds. The van der Waals surface area contributed by atoms with E-state index in [1.807, 2.05) is 39.0 Å². The Morgan fingerprint density at radius 3 is 1.46 bits per heavy atom. The van der Waals surface area contributed by atoms with Crippen LogP contribution in [0.4, 0.5) is 0 Å². The lowest BCUT2D eigenvalue weighted by Crippen LogP contribution is -2.09. The number of aryl methyl sites for hydroxylation is 3. The monoisotopic (exact) mass is 348 g/mol. The summed E-state index contributed by atoms with van der Waals surface area (Å²) in [5.74, 6) is 0.866. The highest BCUT2D eigenvalue weighted by molar-refractivity contribution is 5.47. The standard InChI is InChI=1S/C23H24O3/c1-14-10-18(24)5-4-17(14)13-23(21-8-6-19(25)11-15(21)2)22-9-7-20(26)12-16(22)3/h4-12,23-26H,13H2,1-3H3. The van der Waals surface area contributed by atoms with Gasteiger partial charge in [0.25, 0.3) is 0 Å². The van der Waals surface area contributed by atoms with Gasteiger partial charge >= 0.3 is 0 Å². The minimum Gasteiger partial charge on any atom is -0.508 e. The molecule has 3 nitrogen and oxygen atoms in total. The summed E-state index contributed by atoms with van der Waals surface area (Å²) in [6.45, 7) is 6.00. The Kier molecular flexibility index (Phi) is 4.90. The molecule has 3 rings (SSSR count). The van der Waals surface area contributed by atoms with E-state index in [0.29, 0.717) is 0 Å². The van der Waals surface area contributed by atoms with Gasteiger partial charge < -0.3 is 15.3 Å². The number of phenols is 3. The van der Waals surface area contributed by atoms with Crippen molar-refractivity contribution in [3.05, 3.63) is 88.0 Å². The van der Waals surface area contributed by atoms with E-state index in [1.54, 1.807) is 36.4 Å². The van der Waals surface area contributed by atoms with Gasteiger partial charge in [-0.3, -0.25) is 0 Å². The minimum absolute atomic E-state index is 0.0828. The van der Waals surface area contributed by atoms with Gasteiger partial charge in [-0.05, 0) is 97.0 Å². The van der Waals surface area contributed by atoms with Crippen LogP contribution in [0.3, 0.4) is 0 Å². The third-order valence-corrected chi connectivity index (χ3v) is 5.01. The van der Waals surface area contributed by atoms with E-state index >= 15 is 0 Å². The lowest BCUT2D eigenvalue weighted by atomic mass is 9.81. The van der Waals surface area contributed by atoms with Crippen molar-refractivity contribution in [2.45, 2.75) is 33.1 Å². The summed E-state index contributed by atoms with van der Waals surface area (Å²) in [7, 11) is 0. The molecule has 0 saturated carbocycles. The Hall–Kier alpha value is -2.94. The summed E-state index contributed by atoms with van der Waals surface area (Å²) in [4.78, 5) is 0. The maximum absolute atomic E-state index is 9.78. The molecule has 26 heavy (non-hydrogen) atoms. The number of hydrogen-bond donors (Lipinski definition) is 3. The molecular formula is C23H24O3. The molecule has 3 aromatic carbocycles. The zero-order valence-corrected chi connectivity index (χ0v) is 15.3. The van der Waals surface area contributed by atoms with Crippen molar-refractivity contribution in [2.24, 2.45) is 0 Å². The molecule has 0 fully saturated rings. The van der Waals surface area contributed by atoms with Gasteiger partial charge in [-0.25, -0.2) is 0 Å². The quantitative estimate of drug-likeness (QED) is 0.614. The summed E-state index contributed by atoms with van der Waals surface area (Å²) in [5, 5.41) is 29.3. The molecule has 0 atom stereocenters. The van der Waals surface area contributed by atoms with Crippen LogP contribution in [0.2, 0.25) is 0 Å². The van der Waals surface area contributed by atoms with Crippen LogP contribution in [0.25, 0.3) is 0 Å². The molecule has 0 heterocycles. The van der Waals surface area contributed by atoms with Gasteiger partial charge in [-0.15, -0.1) is 0 Å². The average molecular weight is 348 g/mol. The number of benzene rings is 3. The molecule has 0 spiro atoms. The lowest BCUT2D eigenvalue weighted by Gasteiger charge is -2.23. The fraction of sp³-hybridized carbons (Fsp3) is 0.217. The maximum Gasteiger partial charge on any atom is 0.115 e. The first-order chi connectivity index (χ1) is 12.3. The molecule has 0 saturated heterocycles. The van der Waals surface area contributed by atoms with Crippen LogP contribution >= 0.6 is 0 Å². The Morgan fingerprint density at radius 1 is 0.615 bits per heavy atom. The number of phenolic OH excluding ortho intramolecular Hbond substituents is 3. The molecule has 0 aliphatic rings. The van der Waals surface area contributed by atoms with Gasteiger partial charge in [-0.1, -0.05) is 18.2 Å². The van der Waals surface area contributed by atoms with Crippen LogP contribution < -0.4 is 0 Å². The summed E-state index contributed by atoms with van der Waals surface area (Å²) in [5.41, 5.74) is 6.54. The van der Waals surface area contributed by atoms with Crippen molar-refractivity contribution in [3.8, 4) is 17.2 Å². The Balaban J connectivity index is 2.12. The van der Waals surface area contributed by atoms with Gasteiger partial charge in [0.2, 0.25) is 0 Å². The van der Waals surface area contributed by atoms with Crippen LogP contribution in [0, 0.1) is 20.8 Å². The molecular weight excluding hydrogens is 324 g/mol. The smallest absolute Gasteiger partial charge is 0.115 e. The minimum atomic E-state index is 0.0828. The fourth-order valence-electron chi connectivity index (χ4n) is 3.62.